The monoisotopic (exact) mass is 323 g/mol. The van der Waals surface area contributed by atoms with E-state index < -0.39 is 0 Å². The average Bonchev–Trinajstić information content (AvgIpc) is 2.17. The normalized spacial score (nSPS) is 18.1. The second kappa shape index (κ2) is 5.34. The average molecular weight is 323 g/mol. The van der Waals surface area contributed by atoms with Crippen LogP contribution < -0.4 is 21.2 Å². The van der Waals surface area contributed by atoms with E-state index in [0.717, 1.165) is 17.9 Å². The van der Waals surface area contributed by atoms with Gasteiger partial charge in [0.15, 0.2) is 0 Å². The van der Waals surface area contributed by atoms with Crippen molar-refractivity contribution in [2.24, 2.45) is 5.41 Å². The Morgan fingerprint density at radius 1 is 1.40 bits per heavy atom. The van der Waals surface area contributed by atoms with Crippen molar-refractivity contribution in [3.63, 3.8) is 0 Å². The summed E-state index contributed by atoms with van der Waals surface area (Å²) in [4.78, 5) is 0. The predicted octanol–water partition coefficient (Wildman–Crippen LogP) is 0.261. The molecule has 0 saturated carbocycles. The Balaban J connectivity index is 2.90. The molecule has 0 bridgehead atoms. The molecule has 0 aromatic carbocycles. The first-order valence-corrected chi connectivity index (χ1v) is 7.54. The Morgan fingerprint density at radius 3 is 2.53 bits per heavy atom. The quantitative estimate of drug-likeness (QED) is 0.694. The molecule has 1 aliphatic heterocycles. The van der Waals surface area contributed by atoms with Crippen LogP contribution in [0.2, 0.25) is 0 Å². The van der Waals surface area contributed by atoms with Crippen LogP contribution in [0.1, 0.15) is 34.1 Å². The molecule has 0 spiro atoms. The summed E-state index contributed by atoms with van der Waals surface area (Å²) in [5.41, 5.74) is 0.0856. The minimum atomic E-state index is -0.0427. The molecule has 0 atom stereocenters. The van der Waals surface area contributed by atoms with Gasteiger partial charge in [0, 0.05) is 0 Å². The Hall–Kier alpha value is -0.0300. The predicted molar refractivity (Wildman–Crippen MR) is 57.8 cm³/mol. The molecule has 1 rings (SSSR count). The first-order valence-electron chi connectivity index (χ1n) is 5.22. The molecule has 88 valence electrons. The van der Waals surface area contributed by atoms with E-state index in [-0.39, 0.29) is 26.6 Å². The molecule has 0 N–H and O–H groups in total. The van der Waals surface area contributed by atoms with Gasteiger partial charge in [0.05, 0.1) is 0 Å². The summed E-state index contributed by atoms with van der Waals surface area (Å²) in [5.74, 6) is 2.27. The fourth-order valence-electron chi connectivity index (χ4n) is 1.32. The summed E-state index contributed by atoms with van der Waals surface area (Å²) < 4.78 is 14.8. The van der Waals surface area contributed by atoms with E-state index in [1.807, 2.05) is 0 Å². The van der Waals surface area contributed by atoms with Crippen LogP contribution in [-0.2, 0) is 9.47 Å². The van der Waals surface area contributed by atoms with Crippen LogP contribution in [0.25, 0.3) is 0 Å². The second-order valence-electron chi connectivity index (χ2n) is 4.56. The maximum atomic E-state index is 5.95. The van der Waals surface area contributed by atoms with Crippen LogP contribution in [0, 0.1) is 5.41 Å². The third kappa shape index (κ3) is 3.48. The molecular weight excluding hydrogens is 303 g/mol. The number of hydrogen-bond acceptors (Lipinski definition) is 2. The Morgan fingerprint density at radius 2 is 2.07 bits per heavy atom. The summed E-state index contributed by atoms with van der Waals surface area (Å²) >= 11 is -0.0427. The van der Waals surface area contributed by atoms with Crippen LogP contribution in [0.3, 0.4) is 0 Å². The molecule has 0 saturated heterocycles. The van der Waals surface area contributed by atoms with Crippen molar-refractivity contribution >= 4 is 0 Å². The molecule has 2 nitrogen and oxygen atoms in total. The molecule has 0 aromatic rings. The van der Waals surface area contributed by atoms with Gasteiger partial charge in [-0.2, -0.15) is 0 Å². The molecule has 3 heteroatoms. The van der Waals surface area contributed by atoms with Crippen LogP contribution in [-0.4, -0.2) is 13.7 Å². The Labute approximate surface area is 103 Å². The van der Waals surface area contributed by atoms with Gasteiger partial charge < -0.3 is 0 Å². The van der Waals surface area contributed by atoms with Crippen LogP contribution >= 0.6 is 0 Å². The van der Waals surface area contributed by atoms with E-state index >= 15 is 0 Å². The fraction of sp³-hybridized carbons (Fsp3) is 0.667. The maximum absolute atomic E-state index is 5.95. The SMILES string of the molecule is CCC1=C[I-]C(COC)=C(C(C)(C)C)O1. The molecule has 0 unspecified atom stereocenters. The number of ether oxygens (including phenoxy) is 2. The van der Waals surface area contributed by atoms with Crippen molar-refractivity contribution in [2.45, 2.75) is 34.1 Å². The van der Waals surface area contributed by atoms with E-state index in [9.17, 15) is 0 Å². The van der Waals surface area contributed by atoms with Gasteiger partial charge in [-0.1, -0.05) is 0 Å². The van der Waals surface area contributed by atoms with Gasteiger partial charge in [-0.3, -0.25) is 0 Å². The van der Waals surface area contributed by atoms with E-state index in [0.29, 0.717) is 6.61 Å². The zero-order valence-electron chi connectivity index (χ0n) is 10.2. The summed E-state index contributed by atoms with van der Waals surface area (Å²) in [6, 6.07) is 0. The van der Waals surface area contributed by atoms with Crippen molar-refractivity contribution in [1.29, 1.82) is 0 Å². The third-order valence-corrected chi connectivity index (χ3v) is 4.65. The van der Waals surface area contributed by atoms with Gasteiger partial charge >= 0.3 is 103 Å². The van der Waals surface area contributed by atoms with Crippen molar-refractivity contribution in [3.05, 3.63) is 19.2 Å². The Kier molecular flexibility index (Phi) is 4.64. The van der Waals surface area contributed by atoms with Crippen LogP contribution in [0.15, 0.2) is 19.2 Å². The van der Waals surface area contributed by atoms with Gasteiger partial charge in [0.1, 0.15) is 0 Å². The van der Waals surface area contributed by atoms with Crippen molar-refractivity contribution in [3.8, 4) is 0 Å². The molecule has 15 heavy (non-hydrogen) atoms. The second-order valence-corrected chi connectivity index (χ2v) is 7.10. The summed E-state index contributed by atoms with van der Waals surface area (Å²) in [7, 11) is 1.75. The fourth-order valence-corrected chi connectivity index (χ4v) is 4.30. The van der Waals surface area contributed by atoms with Gasteiger partial charge in [-0.25, -0.2) is 0 Å². The zero-order chi connectivity index (χ0) is 11.5. The summed E-state index contributed by atoms with van der Waals surface area (Å²) in [5, 5.41) is 0. The van der Waals surface area contributed by atoms with Crippen LogP contribution in [0.5, 0.6) is 0 Å². The molecule has 0 radical (unpaired) electrons. The summed E-state index contributed by atoms with van der Waals surface area (Å²) in [6.07, 6.45) is 0.986. The molecule has 1 aliphatic rings. The first-order chi connectivity index (χ1) is 6.99. The number of halogens is 1. The molecule has 0 aliphatic carbocycles. The molecule has 0 fully saturated rings. The van der Waals surface area contributed by atoms with E-state index in [2.05, 4.69) is 31.8 Å². The molecule has 0 amide bonds. The van der Waals surface area contributed by atoms with Gasteiger partial charge in [-0.15, -0.1) is 0 Å². The number of allylic oxidation sites excluding steroid dienone is 2. The number of hydrogen-bond donors (Lipinski definition) is 0. The van der Waals surface area contributed by atoms with Crippen molar-refractivity contribution in [1.82, 2.24) is 0 Å². The van der Waals surface area contributed by atoms with Gasteiger partial charge in [-0.05, 0) is 0 Å². The van der Waals surface area contributed by atoms with Gasteiger partial charge in [0.2, 0.25) is 0 Å². The number of methoxy groups -OCH3 is 1. The third-order valence-electron chi connectivity index (χ3n) is 2.09. The van der Waals surface area contributed by atoms with Crippen molar-refractivity contribution < 1.29 is 30.7 Å². The van der Waals surface area contributed by atoms with Gasteiger partial charge in [0.25, 0.3) is 0 Å². The molecule has 1 heterocycles. The zero-order valence-corrected chi connectivity index (χ0v) is 12.3. The van der Waals surface area contributed by atoms with E-state index in [4.69, 9.17) is 9.47 Å². The first kappa shape index (κ1) is 13.0. The minimum absolute atomic E-state index is 0.0427. The van der Waals surface area contributed by atoms with E-state index in [1.54, 1.807) is 7.11 Å². The summed E-state index contributed by atoms with van der Waals surface area (Å²) in [6.45, 7) is 9.44. The van der Waals surface area contributed by atoms with Crippen LogP contribution in [0.4, 0.5) is 0 Å². The topological polar surface area (TPSA) is 18.5 Å². The molecule has 0 aromatic heterocycles. The number of rotatable bonds is 3. The van der Waals surface area contributed by atoms with Crippen molar-refractivity contribution in [2.75, 3.05) is 13.7 Å². The standard InChI is InChI=1S/C12H20IO2/c1-6-9-7-13-10(8-14-5)11(15-9)12(2,3)4/h7H,6,8H2,1-5H3/q-1. The molecular formula is C12H20IO2-. The Bertz CT molecular complexity index is 284. The van der Waals surface area contributed by atoms with E-state index in [1.165, 1.54) is 3.58 Å².